The van der Waals surface area contributed by atoms with Crippen molar-refractivity contribution in [1.82, 2.24) is 5.32 Å². The maximum absolute atomic E-state index is 13.4. The van der Waals surface area contributed by atoms with Gasteiger partial charge in [0.25, 0.3) is 0 Å². The SMILES string of the molecule is Cc1ccc(S(=O)(=O)CCC(=O)NCC2CCN(c3ccc(F)c(F)c3)C2)cc1. The zero-order valence-corrected chi connectivity index (χ0v) is 17.0. The average Bonchev–Trinajstić information content (AvgIpc) is 3.16. The number of hydrogen-bond acceptors (Lipinski definition) is 4. The summed E-state index contributed by atoms with van der Waals surface area (Å²) in [4.78, 5) is 14.2. The van der Waals surface area contributed by atoms with Gasteiger partial charge in [0.2, 0.25) is 5.91 Å². The number of nitrogens with one attached hydrogen (secondary N) is 1. The fourth-order valence-corrected chi connectivity index (χ4v) is 4.59. The van der Waals surface area contributed by atoms with E-state index in [0.29, 0.717) is 25.3 Å². The highest BCUT2D eigenvalue weighted by atomic mass is 32.2. The molecule has 156 valence electrons. The van der Waals surface area contributed by atoms with Crippen LogP contribution in [0, 0.1) is 24.5 Å². The smallest absolute Gasteiger partial charge is 0.221 e. The fourth-order valence-electron chi connectivity index (χ4n) is 3.35. The zero-order chi connectivity index (χ0) is 21.0. The van der Waals surface area contributed by atoms with Crippen LogP contribution in [0.1, 0.15) is 18.4 Å². The van der Waals surface area contributed by atoms with Gasteiger partial charge in [0.15, 0.2) is 21.5 Å². The first-order valence-corrected chi connectivity index (χ1v) is 11.2. The average molecular weight is 422 g/mol. The van der Waals surface area contributed by atoms with E-state index in [-0.39, 0.29) is 28.9 Å². The molecule has 8 heteroatoms. The molecule has 1 heterocycles. The molecule has 0 aliphatic carbocycles. The molecule has 2 aromatic carbocycles. The highest BCUT2D eigenvalue weighted by molar-refractivity contribution is 7.91. The Kier molecular flexibility index (Phi) is 6.52. The van der Waals surface area contributed by atoms with E-state index in [9.17, 15) is 22.0 Å². The van der Waals surface area contributed by atoms with E-state index in [1.54, 1.807) is 24.3 Å². The molecule has 29 heavy (non-hydrogen) atoms. The molecule has 0 aromatic heterocycles. The molecule has 1 amide bonds. The van der Waals surface area contributed by atoms with Gasteiger partial charge in [0.1, 0.15) is 0 Å². The monoisotopic (exact) mass is 422 g/mol. The second-order valence-corrected chi connectivity index (χ2v) is 9.49. The molecular formula is C21H24F2N2O3S. The minimum atomic E-state index is -3.50. The molecule has 1 aliphatic rings. The van der Waals surface area contributed by atoms with Crippen LogP contribution in [0.3, 0.4) is 0 Å². The Hall–Kier alpha value is -2.48. The molecule has 3 rings (SSSR count). The van der Waals surface area contributed by atoms with Crippen LogP contribution in [-0.4, -0.2) is 39.7 Å². The number of aryl methyl sites for hydroxylation is 1. The summed E-state index contributed by atoms with van der Waals surface area (Å²) in [6.45, 7) is 3.60. The fraction of sp³-hybridized carbons (Fsp3) is 0.381. The predicted molar refractivity (Wildman–Crippen MR) is 108 cm³/mol. The Balaban J connectivity index is 1.45. The van der Waals surface area contributed by atoms with Gasteiger partial charge >= 0.3 is 0 Å². The number of hydrogen-bond donors (Lipinski definition) is 1. The molecule has 1 N–H and O–H groups in total. The van der Waals surface area contributed by atoms with Crippen molar-refractivity contribution < 1.29 is 22.0 Å². The van der Waals surface area contributed by atoms with Crippen molar-refractivity contribution in [3.05, 3.63) is 59.7 Å². The normalized spacial score (nSPS) is 16.8. The summed E-state index contributed by atoms with van der Waals surface area (Å²) in [5.41, 5.74) is 1.58. The quantitative estimate of drug-likeness (QED) is 0.745. The summed E-state index contributed by atoms with van der Waals surface area (Å²) in [5, 5.41) is 2.79. The van der Waals surface area contributed by atoms with Gasteiger partial charge in [0.05, 0.1) is 10.6 Å². The van der Waals surface area contributed by atoms with Crippen LogP contribution in [0.25, 0.3) is 0 Å². The minimum Gasteiger partial charge on any atom is -0.371 e. The Morgan fingerprint density at radius 3 is 2.55 bits per heavy atom. The summed E-state index contributed by atoms with van der Waals surface area (Å²) in [6, 6.07) is 10.4. The lowest BCUT2D eigenvalue weighted by molar-refractivity contribution is -0.120. The third kappa shape index (κ3) is 5.53. The Labute approximate surface area is 169 Å². The Morgan fingerprint density at radius 1 is 1.14 bits per heavy atom. The topological polar surface area (TPSA) is 66.5 Å². The predicted octanol–water partition coefficient (Wildman–Crippen LogP) is 3.08. The number of nitrogens with zero attached hydrogens (tertiary/aromatic N) is 1. The zero-order valence-electron chi connectivity index (χ0n) is 16.2. The van der Waals surface area contributed by atoms with Crippen LogP contribution in [-0.2, 0) is 14.6 Å². The number of rotatable bonds is 7. The van der Waals surface area contributed by atoms with E-state index in [4.69, 9.17) is 0 Å². The first-order chi connectivity index (χ1) is 13.7. The number of benzene rings is 2. The molecule has 2 aromatic rings. The van der Waals surface area contributed by atoms with Crippen molar-refractivity contribution in [2.75, 3.05) is 30.3 Å². The van der Waals surface area contributed by atoms with Gasteiger partial charge in [-0.25, -0.2) is 17.2 Å². The molecule has 1 fully saturated rings. The summed E-state index contributed by atoms with van der Waals surface area (Å²) >= 11 is 0. The Bertz CT molecular complexity index is 978. The van der Waals surface area contributed by atoms with Crippen LogP contribution in [0.5, 0.6) is 0 Å². The highest BCUT2D eigenvalue weighted by Crippen LogP contribution is 2.25. The molecule has 0 bridgehead atoms. The van der Waals surface area contributed by atoms with Crippen LogP contribution in [0.15, 0.2) is 47.4 Å². The lowest BCUT2D eigenvalue weighted by Gasteiger charge is -2.19. The van der Waals surface area contributed by atoms with Gasteiger partial charge in [-0.05, 0) is 43.5 Å². The molecule has 5 nitrogen and oxygen atoms in total. The van der Waals surface area contributed by atoms with Crippen LogP contribution in [0.4, 0.5) is 14.5 Å². The van der Waals surface area contributed by atoms with E-state index in [2.05, 4.69) is 5.32 Å². The van der Waals surface area contributed by atoms with E-state index >= 15 is 0 Å². The second-order valence-electron chi connectivity index (χ2n) is 7.39. The van der Waals surface area contributed by atoms with E-state index in [0.717, 1.165) is 18.1 Å². The summed E-state index contributed by atoms with van der Waals surface area (Å²) < 4.78 is 51.1. The third-order valence-electron chi connectivity index (χ3n) is 5.12. The van der Waals surface area contributed by atoms with E-state index in [1.165, 1.54) is 12.1 Å². The van der Waals surface area contributed by atoms with Crippen molar-refractivity contribution in [3.8, 4) is 0 Å². The summed E-state index contributed by atoms with van der Waals surface area (Å²) in [6.07, 6.45) is 0.705. The maximum Gasteiger partial charge on any atom is 0.221 e. The van der Waals surface area contributed by atoms with E-state index in [1.807, 2.05) is 11.8 Å². The number of carbonyl (C=O) groups excluding carboxylic acids is 1. The van der Waals surface area contributed by atoms with Crippen molar-refractivity contribution in [3.63, 3.8) is 0 Å². The summed E-state index contributed by atoms with van der Waals surface area (Å²) in [7, 11) is -3.50. The molecule has 0 radical (unpaired) electrons. The van der Waals surface area contributed by atoms with Crippen LogP contribution >= 0.6 is 0 Å². The van der Waals surface area contributed by atoms with Gasteiger partial charge in [-0.15, -0.1) is 0 Å². The minimum absolute atomic E-state index is 0.101. The number of halogens is 2. The molecule has 1 atom stereocenters. The van der Waals surface area contributed by atoms with Crippen LogP contribution < -0.4 is 10.2 Å². The van der Waals surface area contributed by atoms with Gasteiger partial charge < -0.3 is 10.2 Å². The summed E-state index contributed by atoms with van der Waals surface area (Å²) in [5.74, 6) is -2.15. The second kappa shape index (κ2) is 8.90. The lowest BCUT2D eigenvalue weighted by atomic mass is 10.1. The van der Waals surface area contributed by atoms with Gasteiger partial charge in [-0.3, -0.25) is 4.79 Å². The van der Waals surface area contributed by atoms with Gasteiger partial charge in [-0.2, -0.15) is 0 Å². The van der Waals surface area contributed by atoms with Crippen LogP contribution in [0.2, 0.25) is 0 Å². The molecule has 0 spiro atoms. The first-order valence-electron chi connectivity index (χ1n) is 9.51. The molecular weight excluding hydrogens is 398 g/mol. The molecule has 1 unspecified atom stereocenters. The van der Waals surface area contributed by atoms with Gasteiger partial charge in [-0.1, -0.05) is 17.7 Å². The lowest BCUT2D eigenvalue weighted by Crippen LogP contribution is -2.32. The Morgan fingerprint density at radius 2 is 1.86 bits per heavy atom. The van der Waals surface area contributed by atoms with E-state index < -0.39 is 21.5 Å². The number of carbonyl (C=O) groups is 1. The van der Waals surface area contributed by atoms with Crippen molar-refractivity contribution in [2.24, 2.45) is 5.92 Å². The van der Waals surface area contributed by atoms with Crippen molar-refractivity contribution in [1.29, 1.82) is 0 Å². The molecule has 1 saturated heterocycles. The van der Waals surface area contributed by atoms with Crippen molar-refractivity contribution in [2.45, 2.75) is 24.7 Å². The molecule has 1 aliphatic heterocycles. The number of amides is 1. The van der Waals surface area contributed by atoms with Gasteiger partial charge in [0, 0.05) is 37.8 Å². The number of anilines is 1. The largest absolute Gasteiger partial charge is 0.371 e. The van der Waals surface area contributed by atoms with Crippen molar-refractivity contribution >= 4 is 21.4 Å². The third-order valence-corrected chi connectivity index (χ3v) is 6.85. The molecule has 0 saturated carbocycles. The number of sulfone groups is 1. The standard InChI is InChI=1S/C21H24F2N2O3S/c1-15-2-5-18(6-3-15)29(27,28)11-9-21(26)24-13-16-8-10-25(14-16)17-4-7-19(22)20(23)12-17/h2-7,12,16H,8-11,13-14H2,1H3,(H,24,26). The maximum atomic E-state index is 13.4. The first kappa shape index (κ1) is 21.2. The highest BCUT2D eigenvalue weighted by Gasteiger charge is 2.24.